The lowest BCUT2D eigenvalue weighted by Crippen LogP contribution is -2.34. The number of aryl methyl sites for hydroxylation is 1. The van der Waals surface area contributed by atoms with E-state index in [2.05, 4.69) is 0 Å². The molecule has 0 spiro atoms. The lowest BCUT2D eigenvalue weighted by atomic mass is 9.97. The van der Waals surface area contributed by atoms with Crippen molar-refractivity contribution < 1.29 is 14.6 Å². The molecular formula is C11H15FO2. The van der Waals surface area contributed by atoms with Crippen molar-refractivity contribution in [1.82, 2.24) is 0 Å². The van der Waals surface area contributed by atoms with E-state index in [0.29, 0.717) is 0 Å². The fourth-order valence-corrected chi connectivity index (χ4v) is 1.35. The predicted octanol–water partition coefficient (Wildman–Crippen LogP) is 1.23. The van der Waals surface area contributed by atoms with Crippen LogP contribution >= 0.6 is 0 Å². The molecule has 0 radical (unpaired) electrons. The summed E-state index contributed by atoms with van der Waals surface area (Å²) < 4.78 is 13.6. The van der Waals surface area contributed by atoms with Crippen molar-refractivity contribution in [2.24, 2.45) is 0 Å². The first-order valence-corrected chi connectivity index (χ1v) is 4.56. The Balaban J connectivity index is 2.77. The van der Waals surface area contributed by atoms with Gasteiger partial charge in [0.15, 0.2) is 5.67 Å². The van der Waals surface area contributed by atoms with E-state index in [-0.39, 0.29) is 6.42 Å². The summed E-state index contributed by atoms with van der Waals surface area (Å²) >= 11 is 0. The van der Waals surface area contributed by atoms with Gasteiger partial charge in [0.05, 0.1) is 13.2 Å². The molecule has 3 heteroatoms. The van der Waals surface area contributed by atoms with E-state index in [1.807, 2.05) is 25.1 Å². The number of halogens is 1. The van der Waals surface area contributed by atoms with Crippen LogP contribution in [0.2, 0.25) is 0 Å². The van der Waals surface area contributed by atoms with Crippen LogP contribution in [-0.2, 0) is 6.42 Å². The molecule has 0 saturated carbocycles. The molecule has 0 aliphatic carbocycles. The molecule has 14 heavy (non-hydrogen) atoms. The summed E-state index contributed by atoms with van der Waals surface area (Å²) in [5.41, 5.74) is -0.0790. The smallest absolute Gasteiger partial charge is 0.160 e. The highest BCUT2D eigenvalue weighted by molar-refractivity contribution is 5.23. The van der Waals surface area contributed by atoms with Gasteiger partial charge >= 0.3 is 0 Å². The zero-order valence-electron chi connectivity index (χ0n) is 8.20. The number of aliphatic hydroxyl groups is 2. The van der Waals surface area contributed by atoms with E-state index < -0.39 is 18.9 Å². The van der Waals surface area contributed by atoms with E-state index in [0.717, 1.165) is 11.1 Å². The molecule has 0 atom stereocenters. The molecule has 1 aromatic rings. The van der Waals surface area contributed by atoms with Gasteiger partial charge in [-0.3, -0.25) is 0 Å². The highest BCUT2D eigenvalue weighted by Crippen LogP contribution is 2.17. The Morgan fingerprint density at radius 1 is 1.29 bits per heavy atom. The van der Waals surface area contributed by atoms with Crippen molar-refractivity contribution in [3.63, 3.8) is 0 Å². The van der Waals surface area contributed by atoms with Gasteiger partial charge < -0.3 is 10.2 Å². The molecule has 2 nitrogen and oxygen atoms in total. The molecule has 1 rings (SSSR count). The summed E-state index contributed by atoms with van der Waals surface area (Å²) in [6, 6.07) is 7.38. The van der Waals surface area contributed by atoms with Gasteiger partial charge in [0.1, 0.15) is 0 Å². The largest absolute Gasteiger partial charge is 0.393 e. The topological polar surface area (TPSA) is 40.5 Å². The highest BCUT2D eigenvalue weighted by atomic mass is 19.1. The van der Waals surface area contributed by atoms with Crippen molar-refractivity contribution in [3.8, 4) is 0 Å². The molecular weight excluding hydrogens is 183 g/mol. The van der Waals surface area contributed by atoms with E-state index in [1.165, 1.54) is 0 Å². The van der Waals surface area contributed by atoms with Gasteiger partial charge in [-0.1, -0.05) is 29.8 Å². The zero-order valence-corrected chi connectivity index (χ0v) is 8.20. The molecule has 0 fully saturated rings. The van der Waals surface area contributed by atoms with E-state index in [9.17, 15) is 4.39 Å². The number of benzene rings is 1. The molecule has 0 amide bonds. The SMILES string of the molecule is Cc1cccc(CC(F)(CO)CO)c1. The molecule has 0 bridgehead atoms. The lowest BCUT2D eigenvalue weighted by Gasteiger charge is -2.20. The Kier molecular flexibility index (Phi) is 3.61. The molecule has 2 N–H and O–H groups in total. The summed E-state index contributed by atoms with van der Waals surface area (Å²) in [5, 5.41) is 17.6. The zero-order chi connectivity index (χ0) is 10.6. The number of hydrogen-bond donors (Lipinski definition) is 2. The Morgan fingerprint density at radius 3 is 2.43 bits per heavy atom. The van der Waals surface area contributed by atoms with Crippen LogP contribution in [-0.4, -0.2) is 29.1 Å². The second-order valence-electron chi connectivity index (χ2n) is 3.63. The van der Waals surface area contributed by atoms with Crippen molar-refractivity contribution in [2.75, 3.05) is 13.2 Å². The van der Waals surface area contributed by atoms with Gasteiger partial charge in [-0.25, -0.2) is 4.39 Å². The minimum atomic E-state index is -1.91. The van der Waals surface area contributed by atoms with Crippen molar-refractivity contribution in [2.45, 2.75) is 19.0 Å². The number of hydrogen-bond acceptors (Lipinski definition) is 2. The van der Waals surface area contributed by atoms with Gasteiger partial charge in [0, 0.05) is 6.42 Å². The number of aliphatic hydroxyl groups excluding tert-OH is 2. The Hall–Kier alpha value is -0.930. The third kappa shape index (κ3) is 2.79. The van der Waals surface area contributed by atoms with Crippen LogP contribution in [0.5, 0.6) is 0 Å². The maximum atomic E-state index is 13.6. The molecule has 0 aliphatic rings. The lowest BCUT2D eigenvalue weighted by molar-refractivity contribution is 0.0166. The minimum Gasteiger partial charge on any atom is -0.393 e. The van der Waals surface area contributed by atoms with Crippen LogP contribution in [0.25, 0.3) is 0 Å². The summed E-state index contributed by atoms with van der Waals surface area (Å²) in [7, 11) is 0. The van der Waals surface area contributed by atoms with Gasteiger partial charge in [0.25, 0.3) is 0 Å². The normalized spacial score (nSPS) is 11.7. The van der Waals surface area contributed by atoms with Crippen molar-refractivity contribution >= 4 is 0 Å². The highest BCUT2D eigenvalue weighted by Gasteiger charge is 2.28. The molecule has 1 aromatic carbocycles. The van der Waals surface area contributed by atoms with Crippen LogP contribution < -0.4 is 0 Å². The maximum absolute atomic E-state index is 13.6. The summed E-state index contributed by atoms with van der Waals surface area (Å²) in [6.45, 7) is 0.607. The molecule has 78 valence electrons. The predicted molar refractivity (Wildman–Crippen MR) is 52.9 cm³/mol. The van der Waals surface area contributed by atoms with E-state index in [4.69, 9.17) is 10.2 Å². The summed E-state index contributed by atoms with van der Waals surface area (Å²) in [6.07, 6.45) is 0.0433. The minimum absolute atomic E-state index is 0.0433. The third-order valence-corrected chi connectivity index (χ3v) is 2.17. The third-order valence-electron chi connectivity index (χ3n) is 2.17. The van der Waals surface area contributed by atoms with Crippen LogP contribution in [0.15, 0.2) is 24.3 Å². The van der Waals surface area contributed by atoms with Gasteiger partial charge in [0.2, 0.25) is 0 Å². The van der Waals surface area contributed by atoms with Gasteiger partial charge in [-0.15, -0.1) is 0 Å². The molecule has 0 unspecified atom stereocenters. The first-order chi connectivity index (χ1) is 6.59. The van der Waals surface area contributed by atoms with Crippen molar-refractivity contribution in [1.29, 1.82) is 0 Å². The molecule has 0 aromatic heterocycles. The average molecular weight is 198 g/mol. The van der Waals surface area contributed by atoms with Crippen molar-refractivity contribution in [3.05, 3.63) is 35.4 Å². The summed E-state index contributed by atoms with van der Waals surface area (Å²) in [5.74, 6) is 0. The van der Waals surface area contributed by atoms with Crippen LogP contribution in [0.3, 0.4) is 0 Å². The van der Waals surface area contributed by atoms with Crippen LogP contribution in [0.4, 0.5) is 4.39 Å². The second kappa shape index (κ2) is 4.53. The average Bonchev–Trinajstić information content (AvgIpc) is 2.18. The Labute approximate surface area is 83.0 Å². The van der Waals surface area contributed by atoms with E-state index in [1.54, 1.807) is 6.07 Å². The molecule has 0 aliphatic heterocycles. The standard InChI is InChI=1S/C11H15FO2/c1-9-3-2-4-10(5-9)6-11(12,7-13)8-14/h2-5,13-14H,6-8H2,1H3. The Morgan fingerprint density at radius 2 is 1.93 bits per heavy atom. The first-order valence-electron chi connectivity index (χ1n) is 4.56. The van der Waals surface area contributed by atoms with E-state index >= 15 is 0 Å². The monoisotopic (exact) mass is 198 g/mol. The first kappa shape index (κ1) is 11.1. The van der Waals surface area contributed by atoms with Crippen LogP contribution in [0.1, 0.15) is 11.1 Å². The number of rotatable bonds is 4. The molecule has 0 saturated heterocycles. The maximum Gasteiger partial charge on any atom is 0.160 e. The fourth-order valence-electron chi connectivity index (χ4n) is 1.35. The second-order valence-corrected chi connectivity index (χ2v) is 3.63. The quantitative estimate of drug-likeness (QED) is 0.764. The van der Waals surface area contributed by atoms with Gasteiger partial charge in [-0.05, 0) is 12.5 Å². The fraction of sp³-hybridized carbons (Fsp3) is 0.455. The molecule has 0 heterocycles. The number of alkyl halides is 1. The summed E-state index contributed by atoms with van der Waals surface area (Å²) in [4.78, 5) is 0. The Bertz CT molecular complexity index is 295. The van der Waals surface area contributed by atoms with Gasteiger partial charge in [-0.2, -0.15) is 0 Å². The van der Waals surface area contributed by atoms with Crippen LogP contribution in [0, 0.1) is 6.92 Å².